The maximum atomic E-state index is 12.3. The van der Waals surface area contributed by atoms with Crippen LogP contribution in [-0.2, 0) is 15.0 Å². The number of thiocarbonyl (C=S) groups is 1. The van der Waals surface area contributed by atoms with Crippen molar-refractivity contribution < 1.29 is 14.7 Å². The van der Waals surface area contributed by atoms with Gasteiger partial charge in [-0.1, -0.05) is 69.0 Å². The minimum absolute atomic E-state index is 0.0821. The molecule has 0 bridgehead atoms. The van der Waals surface area contributed by atoms with Crippen molar-refractivity contribution in [3.05, 3.63) is 40.3 Å². The van der Waals surface area contributed by atoms with E-state index in [9.17, 15) is 9.59 Å². The number of hydrogen-bond donors (Lipinski definition) is 1. The number of hydrogen-bond acceptors (Lipinski definition) is 4. The van der Waals surface area contributed by atoms with Crippen molar-refractivity contribution in [2.24, 2.45) is 0 Å². The van der Waals surface area contributed by atoms with Crippen molar-refractivity contribution in [3.63, 3.8) is 0 Å². The monoisotopic (exact) mass is 349 g/mol. The molecule has 0 aromatic heterocycles. The van der Waals surface area contributed by atoms with Crippen molar-refractivity contribution in [2.75, 3.05) is 6.54 Å². The third-order valence-electron chi connectivity index (χ3n) is 3.50. The molecule has 1 aromatic carbocycles. The van der Waals surface area contributed by atoms with E-state index in [1.165, 1.54) is 22.2 Å². The van der Waals surface area contributed by atoms with Gasteiger partial charge in [-0.05, 0) is 22.6 Å². The van der Waals surface area contributed by atoms with E-state index in [1.54, 1.807) is 6.08 Å². The molecule has 122 valence electrons. The van der Waals surface area contributed by atoms with Crippen LogP contribution in [0.5, 0.6) is 0 Å². The summed E-state index contributed by atoms with van der Waals surface area (Å²) in [6.45, 7) is 6.56. The number of rotatable bonds is 4. The van der Waals surface area contributed by atoms with Crippen LogP contribution in [0.4, 0.5) is 0 Å². The highest BCUT2D eigenvalue weighted by Gasteiger charge is 2.32. The summed E-state index contributed by atoms with van der Waals surface area (Å²) < 4.78 is 0.411. The SMILES string of the molecule is CC(C)(C)c1ccc(/C=C2/SC(=S)N(CCC(=O)O)C2=O)cc1. The molecule has 2 rings (SSSR count). The highest BCUT2D eigenvalue weighted by Crippen LogP contribution is 2.33. The Kier molecular flexibility index (Phi) is 5.26. The Balaban J connectivity index is 2.15. The Morgan fingerprint density at radius 2 is 1.91 bits per heavy atom. The van der Waals surface area contributed by atoms with Gasteiger partial charge in [0.2, 0.25) is 0 Å². The Hall–Kier alpha value is -1.66. The lowest BCUT2D eigenvalue weighted by Crippen LogP contribution is -2.30. The van der Waals surface area contributed by atoms with Gasteiger partial charge in [0, 0.05) is 6.54 Å². The fourth-order valence-electron chi connectivity index (χ4n) is 2.13. The summed E-state index contributed by atoms with van der Waals surface area (Å²) in [7, 11) is 0. The fourth-order valence-corrected chi connectivity index (χ4v) is 3.44. The molecular formula is C17H19NO3S2. The summed E-state index contributed by atoms with van der Waals surface area (Å²) >= 11 is 6.38. The van der Waals surface area contributed by atoms with Gasteiger partial charge in [0.05, 0.1) is 11.3 Å². The van der Waals surface area contributed by atoms with Crippen molar-refractivity contribution in [2.45, 2.75) is 32.6 Å². The number of thioether (sulfide) groups is 1. The van der Waals surface area contributed by atoms with Gasteiger partial charge in [-0.15, -0.1) is 0 Å². The zero-order valence-corrected chi connectivity index (χ0v) is 15.0. The fraction of sp³-hybridized carbons (Fsp3) is 0.353. The van der Waals surface area contributed by atoms with Gasteiger partial charge in [0.15, 0.2) is 0 Å². The minimum atomic E-state index is -0.944. The molecule has 1 aliphatic heterocycles. The normalized spacial score (nSPS) is 17.2. The summed E-state index contributed by atoms with van der Waals surface area (Å²) in [5, 5.41) is 8.74. The predicted octanol–water partition coefficient (Wildman–Crippen LogP) is 3.66. The molecule has 0 radical (unpaired) electrons. The molecule has 1 N–H and O–H groups in total. The Morgan fingerprint density at radius 1 is 1.30 bits per heavy atom. The molecule has 1 heterocycles. The molecule has 23 heavy (non-hydrogen) atoms. The van der Waals surface area contributed by atoms with E-state index < -0.39 is 5.97 Å². The van der Waals surface area contributed by atoms with Gasteiger partial charge in [-0.2, -0.15) is 0 Å². The number of carbonyl (C=O) groups excluding carboxylic acids is 1. The van der Waals surface area contributed by atoms with Gasteiger partial charge in [-0.3, -0.25) is 14.5 Å². The van der Waals surface area contributed by atoms with E-state index in [2.05, 4.69) is 32.9 Å². The molecule has 1 fully saturated rings. The molecule has 4 nitrogen and oxygen atoms in total. The van der Waals surface area contributed by atoms with E-state index in [-0.39, 0.29) is 24.3 Å². The lowest BCUT2D eigenvalue weighted by atomic mass is 9.87. The number of carboxylic acids is 1. The summed E-state index contributed by atoms with van der Waals surface area (Å²) in [6.07, 6.45) is 1.69. The average molecular weight is 349 g/mol. The lowest BCUT2D eigenvalue weighted by molar-refractivity contribution is -0.137. The summed E-state index contributed by atoms with van der Waals surface area (Å²) in [6, 6.07) is 8.06. The second-order valence-corrected chi connectivity index (χ2v) is 8.02. The summed E-state index contributed by atoms with van der Waals surface area (Å²) in [5.41, 5.74) is 2.24. The lowest BCUT2D eigenvalue weighted by Gasteiger charge is -2.18. The topological polar surface area (TPSA) is 57.6 Å². The molecule has 1 saturated heterocycles. The maximum Gasteiger partial charge on any atom is 0.305 e. The van der Waals surface area contributed by atoms with Gasteiger partial charge in [-0.25, -0.2) is 0 Å². The van der Waals surface area contributed by atoms with Crippen LogP contribution in [0.2, 0.25) is 0 Å². The van der Waals surface area contributed by atoms with Crippen LogP contribution >= 0.6 is 24.0 Å². The van der Waals surface area contributed by atoms with Crippen LogP contribution in [-0.4, -0.2) is 32.7 Å². The number of carbonyl (C=O) groups is 2. The number of benzene rings is 1. The second-order valence-electron chi connectivity index (χ2n) is 6.35. The number of aliphatic carboxylic acids is 1. The third-order valence-corrected chi connectivity index (χ3v) is 4.88. The van der Waals surface area contributed by atoms with Crippen molar-refractivity contribution in [1.29, 1.82) is 0 Å². The van der Waals surface area contributed by atoms with Crippen molar-refractivity contribution >= 4 is 46.3 Å². The first kappa shape index (κ1) is 17.7. The van der Waals surface area contributed by atoms with E-state index >= 15 is 0 Å². The van der Waals surface area contributed by atoms with Crippen LogP contribution in [0.25, 0.3) is 6.08 Å². The number of carboxylic acid groups (broad SMARTS) is 1. The highest BCUT2D eigenvalue weighted by molar-refractivity contribution is 8.26. The highest BCUT2D eigenvalue weighted by atomic mass is 32.2. The predicted molar refractivity (Wildman–Crippen MR) is 97.3 cm³/mol. The Labute approximate surface area is 145 Å². The van der Waals surface area contributed by atoms with Crippen molar-refractivity contribution in [1.82, 2.24) is 4.90 Å². The molecule has 0 saturated carbocycles. The summed E-state index contributed by atoms with van der Waals surface area (Å²) in [4.78, 5) is 24.8. The van der Waals surface area contributed by atoms with Crippen LogP contribution in [0.3, 0.4) is 0 Å². The first-order chi connectivity index (χ1) is 10.7. The van der Waals surface area contributed by atoms with Crippen LogP contribution in [0.15, 0.2) is 29.2 Å². The van der Waals surface area contributed by atoms with Crippen molar-refractivity contribution in [3.8, 4) is 0 Å². The van der Waals surface area contributed by atoms with Gasteiger partial charge >= 0.3 is 5.97 Å². The van der Waals surface area contributed by atoms with E-state index in [4.69, 9.17) is 17.3 Å². The van der Waals surface area contributed by atoms with Crippen LogP contribution in [0, 0.1) is 0 Å². The molecule has 0 atom stereocenters. The number of amides is 1. The molecule has 0 spiro atoms. The molecule has 0 aliphatic carbocycles. The van der Waals surface area contributed by atoms with E-state index in [1.807, 2.05) is 12.1 Å². The second kappa shape index (κ2) is 6.84. The Bertz CT molecular complexity index is 672. The minimum Gasteiger partial charge on any atom is -0.481 e. The zero-order chi connectivity index (χ0) is 17.2. The Morgan fingerprint density at radius 3 is 2.43 bits per heavy atom. The van der Waals surface area contributed by atoms with E-state index in [0.29, 0.717) is 9.23 Å². The average Bonchev–Trinajstić information content (AvgIpc) is 2.71. The van der Waals surface area contributed by atoms with Crippen LogP contribution < -0.4 is 0 Å². The molecular weight excluding hydrogens is 330 g/mol. The van der Waals surface area contributed by atoms with Crippen LogP contribution in [0.1, 0.15) is 38.3 Å². The molecule has 1 amide bonds. The smallest absolute Gasteiger partial charge is 0.305 e. The maximum absolute atomic E-state index is 12.3. The number of nitrogens with zero attached hydrogens (tertiary/aromatic N) is 1. The van der Waals surface area contributed by atoms with Gasteiger partial charge < -0.3 is 5.11 Å². The molecule has 1 aliphatic rings. The largest absolute Gasteiger partial charge is 0.481 e. The zero-order valence-electron chi connectivity index (χ0n) is 13.3. The molecule has 1 aromatic rings. The van der Waals surface area contributed by atoms with Gasteiger partial charge in [0.25, 0.3) is 5.91 Å². The third kappa shape index (κ3) is 4.42. The molecule has 6 heteroatoms. The van der Waals surface area contributed by atoms with Gasteiger partial charge in [0.1, 0.15) is 4.32 Å². The quantitative estimate of drug-likeness (QED) is 0.664. The first-order valence-electron chi connectivity index (χ1n) is 7.26. The van der Waals surface area contributed by atoms with E-state index in [0.717, 1.165) is 5.56 Å². The molecule has 0 unspecified atom stereocenters. The summed E-state index contributed by atoms with van der Waals surface area (Å²) in [5.74, 6) is -1.16. The first-order valence-corrected chi connectivity index (χ1v) is 8.48. The standard InChI is InChI=1S/C17H19NO3S2/c1-17(2,3)12-6-4-11(5-7-12)10-13-15(21)18(16(22)23-13)9-8-14(19)20/h4-7,10H,8-9H2,1-3H3,(H,19,20)/b13-10+.